The van der Waals surface area contributed by atoms with E-state index in [-0.39, 0.29) is 17.9 Å². The third-order valence-electron chi connectivity index (χ3n) is 3.21. The summed E-state index contributed by atoms with van der Waals surface area (Å²) in [4.78, 5) is 12.2. The summed E-state index contributed by atoms with van der Waals surface area (Å²) in [6.45, 7) is 0.960. The fraction of sp³-hybridized carbons (Fsp3) is 0.462. The zero-order chi connectivity index (χ0) is 13.8. The minimum Gasteiger partial charge on any atom is -0.495 e. The molecule has 1 amide bonds. The second kappa shape index (κ2) is 6.23. The molecule has 1 aliphatic rings. The van der Waals surface area contributed by atoms with Crippen molar-refractivity contribution in [3.05, 3.63) is 23.2 Å². The lowest BCUT2D eigenvalue weighted by Crippen LogP contribution is -2.39. The number of methoxy groups -OCH3 is 1. The summed E-state index contributed by atoms with van der Waals surface area (Å²) in [5.74, 6) is 0.267. The number of carbonyl (C=O) groups excluding carboxylic acids is 1. The summed E-state index contributed by atoms with van der Waals surface area (Å²) >= 11 is 5.93. The van der Waals surface area contributed by atoms with Crippen molar-refractivity contribution >= 4 is 23.2 Å². The van der Waals surface area contributed by atoms with E-state index >= 15 is 0 Å². The summed E-state index contributed by atoms with van der Waals surface area (Å²) in [5.41, 5.74) is 0.571. The Morgan fingerprint density at radius 1 is 1.47 bits per heavy atom. The van der Waals surface area contributed by atoms with Crippen LogP contribution < -0.4 is 15.4 Å². The first-order chi connectivity index (χ1) is 9.15. The van der Waals surface area contributed by atoms with Gasteiger partial charge < -0.3 is 20.1 Å². The molecule has 5 nitrogen and oxygen atoms in total. The Morgan fingerprint density at radius 2 is 2.26 bits per heavy atom. The average Bonchev–Trinajstić information content (AvgIpc) is 2.87. The maximum atomic E-state index is 12.2. The first-order valence-corrected chi connectivity index (χ1v) is 6.43. The Morgan fingerprint density at radius 3 is 2.95 bits per heavy atom. The Balaban J connectivity index is 2.12. The molecule has 104 valence electrons. The van der Waals surface area contributed by atoms with E-state index in [1.807, 2.05) is 7.05 Å². The molecule has 0 saturated carbocycles. The van der Waals surface area contributed by atoms with E-state index in [4.69, 9.17) is 21.1 Å². The van der Waals surface area contributed by atoms with Crippen molar-refractivity contribution in [2.24, 2.45) is 5.92 Å². The van der Waals surface area contributed by atoms with Crippen LogP contribution in [0.3, 0.4) is 0 Å². The third-order valence-corrected chi connectivity index (χ3v) is 3.44. The fourth-order valence-electron chi connectivity index (χ4n) is 2.10. The molecule has 2 atom stereocenters. The Hall–Kier alpha value is -1.30. The van der Waals surface area contributed by atoms with Crippen LogP contribution in [0.2, 0.25) is 5.02 Å². The number of benzene rings is 1. The van der Waals surface area contributed by atoms with Gasteiger partial charge in [-0.1, -0.05) is 11.6 Å². The van der Waals surface area contributed by atoms with Crippen LogP contribution in [0.15, 0.2) is 18.2 Å². The molecule has 1 saturated heterocycles. The fourth-order valence-corrected chi connectivity index (χ4v) is 2.27. The highest BCUT2D eigenvalue weighted by Gasteiger charge is 2.33. The lowest BCUT2D eigenvalue weighted by molar-refractivity contribution is -0.120. The van der Waals surface area contributed by atoms with Gasteiger partial charge in [0.05, 0.1) is 31.9 Å². The lowest BCUT2D eigenvalue weighted by atomic mass is 10.0. The second-order valence-electron chi connectivity index (χ2n) is 4.37. The molecule has 1 fully saturated rings. The molecule has 6 heteroatoms. The zero-order valence-corrected chi connectivity index (χ0v) is 11.7. The average molecular weight is 285 g/mol. The van der Waals surface area contributed by atoms with Gasteiger partial charge >= 0.3 is 0 Å². The van der Waals surface area contributed by atoms with E-state index in [0.29, 0.717) is 29.7 Å². The van der Waals surface area contributed by atoms with Crippen LogP contribution in [0.4, 0.5) is 5.69 Å². The van der Waals surface area contributed by atoms with Crippen molar-refractivity contribution < 1.29 is 14.3 Å². The number of anilines is 1. The number of hydrogen-bond acceptors (Lipinski definition) is 4. The van der Waals surface area contributed by atoms with Gasteiger partial charge in [0.1, 0.15) is 5.75 Å². The standard InChI is InChI=1S/C13H17ClN2O3/c1-15-11-7-19-6-9(11)13(17)16-10-5-8(14)3-4-12(10)18-2/h3-5,9,11,15H,6-7H2,1-2H3,(H,16,17). The molecule has 19 heavy (non-hydrogen) atoms. The summed E-state index contributed by atoms with van der Waals surface area (Å²) in [6.07, 6.45) is 0. The number of likely N-dealkylation sites (N-methyl/N-ethyl adjacent to an activating group) is 1. The molecule has 1 aromatic rings. The van der Waals surface area contributed by atoms with Crippen LogP contribution in [0.5, 0.6) is 5.75 Å². The molecule has 2 rings (SSSR count). The van der Waals surface area contributed by atoms with Gasteiger partial charge in [-0.3, -0.25) is 4.79 Å². The number of amides is 1. The van der Waals surface area contributed by atoms with Crippen LogP contribution in [-0.4, -0.2) is 39.3 Å². The van der Waals surface area contributed by atoms with Crippen molar-refractivity contribution in [2.45, 2.75) is 6.04 Å². The number of carbonyl (C=O) groups is 1. The van der Waals surface area contributed by atoms with Gasteiger partial charge in [-0.05, 0) is 25.2 Å². The van der Waals surface area contributed by atoms with E-state index in [2.05, 4.69) is 10.6 Å². The largest absolute Gasteiger partial charge is 0.495 e. The number of nitrogens with one attached hydrogen (secondary N) is 2. The van der Waals surface area contributed by atoms with Crippen LogP contribution >= 0.6 is 11.6 Å². The molecular weight excluding hydrogens is 268 g/mol. The van der Waals surface area contributed by atoms with Crippen molar-refractivity contribution in [1.82, 2.24) is 5.32 Å². The quantitative estimate of drug-likeness (QED) is 0.880. The van der Waals surface area contributed by atoms with Gasteiger partial charge in [0.2, 0.25) is 5.91 Å². The van der Waals surface area contributed by atoms with Crippen LogP contribution in [0.25, 0.3) is 0 Å². The highest BCUT2D eigenvalue weighted by Crippen LogP contribution is 2.28. The first-order valence-electron chi connectivity index (χ1n) is 6.05. The minimum absolute atomic E-state index is 0.0326. The van der Waals surface area contributed by atoms with Gasteiger partial charge in [0, 0.05) is 11.1 Å². The Bertz CT molecular complexity index is 467. The predicted molar refractivity (Wildman–Crippen MR) is 73.8 cm³/mol. The predicted octanol–water partition coefficient (Wildman–Crippen LogP) is 1.52. The minimum atomic E-state index is -0.214. The maximum absolute atomic E-state index is 12.2. The molecule has 0 radical (unpaired) electrons. The molecule has 1 aromatic carbocycles. The summed E-state index contributed by atoms with van der Waals surface area (Å²) < 4.78 is 10.5. The van der Waals surface area contributed by atoms with Gasteiger partial charge in [-0.25, -0.2) is 0 Å². The van der Waals surface area contributed by atoms with Gasteiger partial charge in [0.15, 0.2) is 0 Å². The van der Waals surface area contributed by atoms with E-state index in [1.54, 1.807) is 25.3 Å². The van der Waals surface area contributed by atoms with E-state index < -0.39 is 0 Å². The van der Waals surface area contributed by atoms with Crippen molar-refractivity contribution in [3.63, 3.8) is 0 Å². The highest BCUT2D eigenvalue weighted by atomic mass is 35.5. The van der Waals surface area contributed by atoms with Crippen molar-refractivity contribution in [1.29, 1.82) is 0 Å². The smallest absolute Gasteiger partial charge is 0.231 e. The van der Waals surface area contributed by atoms with Crippen LogP contribution in [0.1, 0.15) is 0 Å². The molecule has 2 N–H and O–H groups in total. The van der Waals surface area contributed by atoms with Crippen molar-refractivity contribution in [3.8, 4) is 5.75 Å². The maximum Gasteiger partial charge on any atom is 0.231 e. The topological polar surface area (TPSA) is 59.6 Å². The molecule has 2 unspecified atom stereocenters. The summed E-state index contributed by atoms with van der Waals surface area (Å²) in [6, 6.07) is 5.14. The van der Waals surface area contributed by atoms with Crippen LogP contribution in [-0.2, 0) is 9.53 Å². The molecule has 0 aliphatic carbocycles. The summed E-state index contributed by atoms with van der Waals surface area (Å²) in [5, 5.41) is 6.46. The normalized spacial score (nSPS) is 22.3. The van der Waals surface area contributed by atoms with Crippen LogP contribution in [0, 0.1) is 5.92 Å². The second-order valence-corrected chi connectivity index (χ2v) is 4.81. The van der Waals surface area contributed by atoms with Gasteiger partial charge in [0.25, 0.3) is 0 Å². The molecular formula is C13H17ClN2O3. The van der Waals surface area contributed by atoms with Gasteiger partial charge in [-0.15, -0.1) is 0 Å². The van der Waals surface area contributed by atoms with Gasteiger partial charge in [-0.2, -0.15) is 0 Å². The first kappa shape index (κ1) is 14.1. The number of ether oxygens (including phenoxy) is 2. The number of hydrogen-bond donors (Lipinski definition) is 2. The molecule has 0 aromatic heterocycles. The Labute approximate surface area is 117 Å². The third kappa shape index (κ3) is 3.18. The van der Waals surface area contributed by atoms with E-state index in [9.17, 15) is 4.79 Å². The molecule has 0 bridgehead atoms. The zero-order valence-electron chi connectivity index (χ0n) is 10.9. The lowest BCUT2D eigenvalue weighted by Gasteiger charge is -2.17. The number of halogens is 1. The van der Waals surface area contributed by atoms with E-state index in [1.165, 1.54) is 0 Å². The van der Waals surface area contributed by atoms with E-state index in [0.717, 1.165) is 0 Å². The summed E-state index contributed by atoms with van der Waals surface area (Å²) in [7, 11) is 3.37. The SMILES string of the molecule is CNC1COCC1C(=O)Nc1cc(Cl)ccc1OC. The molecule has 0 spiro atoms. The molecule has 1 heterocycles. The number of rotatable bonds is 4. The Kier molecular flexibility index (Phi) is 4.63. The monoisotopic (exact) mass is 284 g/mol. The van der Waals surface area contributed by atoms with Crippen molar-refractivity contribution in [2.75, 3.05) is 32.7 Å². The molecule has 1 aliphatic heterocycles. The highest BCUT2D eigenvalue weighted by molar-refractivity contribution is 6.31.